The summed E-state index contributed by atoms with van der Waals surface area (Å²) in [6, 6.07) is 31.7. The predicted molar refractivity (Wildman–Crippen MR) is 183 cm³/mol. The number of benzene rings is 4. The van der Waals surface area contributed by atoms with E-state index in [9.17, 15) is 15.0 Å². The van der Waals surface area contributed by atoms with Gasteiger partial charge in [0.05, 0.1) is 42.1 Å². The van der Waals surface area contributed by atoms with Crippen molar-refractivity contribution in [1.82, 2.24) is 20.2 Å². The minimum Gasteiger partial charge on any atom is -0.392 e. The second-order valence-electron chi connectivity index (χ2n) is 12.8. The van der Waals surface area contributed by atoms with E-state index in [1.165, 1.54) is 6.20 Å². The van der Waals surface area contributed by atoms with Gasteiger partial charge in [0.25, 0.3) is 5.91 Å². The van der Waals surface area contributed by atoms with Crippen molar-refractivity contribution in [1.29, 1.82) is 0 Å². The van der Waals surface area contributed by atoms with Crippen LogP contribution in [0.15, 0.2) is 103 Å². The van der Waals surface area contributed by atoms with Gasteiger partial charge in [-0.3, -0.25) is 14.7 Å². The van der Waals surface area contributed by atoms with Gasteiger partial charge in [-0.25, -0.2) is 4.98 Å². The summed E-state index contributed by atoms with van der Waals surface area (Å²) in [4.78, 5) is 24.0. The van der Waals surface area contributed by atoms with Crippen LogP contribution in [0.4, 0.5) is 0 Å². The highest BCUT2D eigenvalue weighted by atomic mass is 16.7. The largest absolute Gasteiger partial charge is 0.392 e. The standard InChI is InChI=1S/C39H40N4O5/c1-25-36(23-43-17-16-32(45)22-43)47-39(48-37(25)28-14-12-26(24-44)13-15-28)31-9-5-8-30(19-31)29-7-4-6-27(18-29)20-41-38(46)35-21-40-33-10-2-3-11-34(33)42-35/h2-15,18-19,21,25,32,36-37,39,44-45H,16-17,20,22-24H2,1H3,(H,41,46)/t25-,32-,36+,37+,39+/m0/s1. The van der Waals surface area contributed by atoms with Crippen LogP contribution in [0.1, 0.15) is 58.5 Å². The van der Waals surface area contributed by atoms with Crippen LogP contribution in [-0.2, 0) is 22.6 Å². The maximum Gasteiger partial charge on any atom is 0.271 e. The molecular weight excluding hydrogens is 604 g/mol. The van der Waals surface area contributed by atoms with E-state index in [1.54, 1.807) is 0 Å². The molecule has 0 saturated carbocycles. The number of nitrogens with zero attached hydrogens (tertiary/aromatic N) is 3. The van der Waals surface area contributed by atoms with Crippen LogP contribution in [0.5, 0.6) is 0 Å². The van der Waals surface area contributed by atoms with Crippen LogP contribution in [0.3, 0.4) is 0 Å². The summed E-state index contributed by atoms with van der Waals surface area (Å²) in [7, 11) is 0. The van der Waals surface area contributed by atoms with E-state index in [0.717, 1.165) is 51.9 Å². The molecule has 3 heterocycles. The summed E-state index contributed by atoms with van der Waals surface area (Å²) in [5.41, 5.74) is 7.49. The molecule has 0 spiro atoms. The lowest BCUT2D eigenvalue weighted by atomic mass is 9.90. The van der Waals surface area contributed by atoms with Gasteiger partial charge in [0.1, 0.15) is 5.69 Å². The van der Waals surface area contributed by atoms with Crippen molar-refractivity contribution in [2.75, 3.05) is 19.6 Å². The predicted octanol–water partition coefficient (Wildman–Crippen LogP) is 5.58. The van der Waals surface area contributed by atoms with E-state index >= 15 is 0 Å². The third kappa shape index (κ3) is 7.16. The van der Waals surface area contributed by atoms with E-state index < -0.39 is 6.29 Å². The first-order valence-electron chi connectivity index (χ1n) is 16.5. The number of rotatable bonds is 9. The SMILES string of the molecule is C[C@H]1[C@@H](CN2CC[C@H](O)C2)O[C@@H](c2cccc(-c3cccc(CNC(=O)c4cnc5ccccc5n4)c3)c2)O[C@H]1c1ccc(CO)cc1. The average molecular weight is 645 g/mol. The van der Waals surface area contributed by atoms with Crippen molar-refractivity contribution in [2.45, 2.75) is 51.1 Å². The number of hydrogen-bond donors (Lipinski definition) is 3. The number of amides is 1. The lowest BCUT2D eigenvalue weighted by molar-refractivity contribution is -0.276. The Balaban J connectivity index is 1.09. The number of fused-ring (bicyclic) bond motifs is 1. The zero-order chi connectivity index (χ0) is 33.0. The lowest BCUT2D eigenvalue weighted by Gasteiger charge is -2.42. The monoisotopic (exact) mass is 644 g/mol. The Hall–Kier alpha value is -4.51. The Morgan fingerprint density at radius 3 is 2.44 bits per heavy atom. The highest BCUT2D eigenvalue weighted by Crippen LogP contribution is 2.42. The molecule has 9 nitrogen and oxygen atoms in total. The molecule has 5 atom stereocenters. The van der Waals surface area contributed by atoms with Crippen molar-refractivity contribution in [3.63, 3.8) is 0 Å². The molecule has 48 heavy (non-hydrogen) atoms. The van der Waals surface area contributed by atoms with Gasteiger partial charge in [0.15, 0.2) is 6.29 Å². The van der Waals surface area contributed by atoms with E-state index in [4.69, 9.17) is 9.47 Å². The average Bonchev–Trinajstić information content (AvgIpc) is 3.55. The van der Waals surface area contributed by atoms with Crippen LogP contribution < -0.4 is 5.32 Å². The topological polar surface area (TPSA) is 117 Å². The van der Waals surface area contributed by atoms with E-state index in [-0.39, 0.29) is 42.4 Å². The maximum absolute atomic E-state index is 12.9. The number of para-hydroxylation sites is 2. The molecule has 4 aromatic carbocycles. The summed E-state index contributed by atoms with van der Waals surface area (Å²) in [6.07, 6.45) is 1.06. The van der Waals surface area contributed by atoms with Crippen LogP contribution >= 0.6 is 0 Å². The highest BCUT2D eigenvalue weighted by molar-refractivity contribution is 5.93. The molecule has 0 radical (unpaired) electrons. The molecule has 5 aromatic rings. The molecule has 3 N–H and O–H groups in total. The van der Waals surface area contributed by atoms with Gasteiger partial charge >= 0.3 is 0 Å². The Labute approximate surface area is 280 Å². The Kier molecular flexibility index (Phi) is 9.56. The smallest absolute Gasteiger partial charge is 0.271 e. The van der Waals surface area contributed by atoms with E-state index in [0.29, 0.717) is 25.2 Å². The minimum atomic E-state index is -0.591. The fourth-order valence-corrected chi connectivity index (χ4v) is 6.63. The molecule has 2 aliphatic heterocycles. The lowest BCUT2D eigenvalue weighted by Crippen LogP contribution is -2.44. The van der Waals surface area contributed by atoms with Gasteiger partial charge in [-0.05, 0) is 58.5 Å². The van der Waals surface area contributed by atoms with E-state index in [2.05, 4.69) is 51.4 Å². The van der Waals surface area contributed by atoms with Gasteiger partial charge < -0.3 is 25.0 Å². The van der Waals surface area contributed by atoms with Crippen LogP contribution in [0.25, 0.3) is 22.2 Å². The number of ether oxygens (including phenoxy) is 2. The first-order chi connectivity index (χ1) is 23.4. The quantitative estimate of drug-likeness (QED) is 0.191. The fourth-order valence-electron chi connectivity index (χ4n) is 6.63. The van der Waals surface area contributed by atoms with Gasteiger partial charge in [-0.2, -0.15) is 0 Å². The highest BCUT2D eigenvalue weighted by Gasteiger charge is 2.40. The molecule has 1 aromatic heterocycles. The van der Waals surface area contributed by atoms with Gasteiger partial charge in [0.2, 0.25) is 0 Å². The minimum absolute atomic E-state index is 0.00744. The number of aromatic nitrogens is 2. The number of aliphatic hydroxyl groups is 2. The molecule has 1 amide bonds. The molecule has 0 bridgehead atoms. The van der Waals surface area contributed by atoms with Gasteiger partial charge in [-0.15, -0.1) is 0 Å². The normalized spacial score (nSPS) is 22.9. The molecule has 0 unspecified atom stereocenters. The first-order valence-corrected chi connectivity index (χ1v) is 16.5. The number of aliphatic hydroxyl groups excluding tert-OH is 2. The fraction of sp³-hybridized carbons (Fsp3) is 0.308. The number of nitrogens with one attached hydrogen (secondary N) is 1. The summed E-state index contributed by atoms with van der Waals surface area (Å²) >= 11 is 0. The summed E-state index contributed by atoms with van der Waals surface area (Å²) < 4.78 is 13.4. The Bertz CT molecular complexity index is 1880. The molecule has 2 fully saturated rings. The van der Waals surface area contributed by atoms with Crippen LogP contribution in [-0.4, -0.2) is 62.8 Å². The molecule has 9 heteroatoms. The number of carbonyl (C=O) groups is 1. The van der Waals surface area contributed by atoms with Crippen molar-refractivity contribution >= 4 is 16.9 Å². The molecular formula is C39H40N4O5. The van der Waals surface area contributed by atoms with Crippen LogP contribution in [0, 0.1) is 5.92 Å². The van der Waals surface area contributed by atoms with Gasteiger partial charge in [-0.1, -0.05) is 79.7 Å². The number of likely N-dealkylation sites (tertiary alicyclic amines) is 1. The molecule has 246 valence electrons. The van der Waals surface area contributed by atoms with Crippen LogP contribution in [0.2, 0.25) is 0 Å². The molecule has 7 rings (SSSR count). The molecule has 2 saturated heterocycles. The Morgan fingerprint density at radius 2 is 1.67 bits per heavy atom. The van der Waals surface area contributed by atoms with E-state index in [1.807, 2.05) is 72.8 Å². The second-order valence-corrected chi connectivity index (χ2v) is 12.8. The summed E-state index contributed by atoms with van der Waals surface area (Å²) in [5, 5.41) is 22.7. The van der Waals surface area contributed by atoms with Gasteiger partial charge in [0, 0.05) is 37.7 Å². The molecule has 0 aliphatic carbocycles. The maximum atomic E-state index is 12.9. The number of β-amino-alcohol motifs (C(OH)–C–C–N with tert-alkyl or cyclic N) is 1. The third-order valence-electron chi connectivity index (χ3n) is 9.36. The second kappa shape index (κ2) is 14.3. The number of hydrogen-bond acceptors (Lipinski definition) is 8. The van der Waals surface area contributed by atoms with Crippen molar-refractivity contribution in [3.8, 4) is 11.1 Å². The molecule has 2 aliphatic rings. The Morgan fingerprint density at radius 1 is 0.896 bits per heavy atom. The van der Waals surface area contributed by atoms with Crippen molar-refractivity contribution in [2.24, 2.45) is 5.92 Å². The summed E-state index contributed by atoms with van der Waals surface area (Å²) in [6.45, 7) is 4.70. The zero-order valence-corrected chi connectivity index (χ0v) is 26.9. The zero-order valence-electron chi connectivity index (χ0n) is 26.9. The number of carbonyl (C=O) groups excluding carboxylic acids is 1. The third-order valence-corrected chi connectivity index (χ3v) is 9.36. The summed E-state index contributed by atoms with van der Waals surface area (Å²) in [5.74, 6) is -0.213. The van der Waals surface area contributed by atoms with Crippen molar-refractivity contribution < 1.29 is 24.5 Å². The van der Waals surface area contributed by atoms with Crippen molar-refractivity contribution in [3.05, 3.63) is 131 Å². The first kappa shape index (κ1) is 32.1.